The first kappa shape index (κ1) is 21.3. The number of hydrogen-bond donors (Lipinski definition) is 3. The van der Waals surface area contributed by atoms with Gasteiger partial charge < -0.3 is 24.7 Å². The van der Waals surface area contributed by atoms with Crippen molar-refractivity contribution in [2.75, 3.05) is 21.3 Å². The second-order valence-corrected chi connectivity index (χ2v) is 6.87. The number of aromatic amines is 1. The molecule has 0 saturated heterocycles. The Morgan fingerprint density at radius 1 is 1.17 bits per heavy atom. The standard InChI is InChI=1S/C20H26N4O6/c1-5-6-7-24-19(26)16(18(25)21-20(24)27)13-10-12(22-23-13)11-8-14(28-2)17(30-4)15(9-11)29-3/h8-9,12,22,26H,5-7,10H2,1-4H3,(H,21,25,27)/t12-/m0/s1. The van der Waals surface area contributed by atoms with Crippen molar-refractivity contribution in [2.24, 2.45) is 5.10 Å². The van der Waals surface area contributed by atoms with Crippen molar-refractivity contribution in [1.82, 2.24) is 15.0 Å². The van der Waals surface area contributed by atoms with E-state index in [0.29, 0.717) is 42.3 Å². The molecule has 2 heterocycles. The van der Waals surface area contributed by atoms with Crippen LogP contribution in [0.15, 0.2) is 26.8 Å². The summed E-state index contributed by atoms with van der Waals surface area (Å²) in [7, 11) is 4.59. The molecule has 1 aliphatic rings. The molecule has 0 unspecified atom stereocenters. The lowest BCUT2D eigenvalue weighted by molar-refractivity contribution is 0.323. The van der Waals surface area contributed by atoms with E-state index >= 15 is 0 Å². The van der Waals surface area contributed by atoms with E-state index in [1.165, 1.54) is 21.3 Å². The normalized spacial score (nSPS) is 15.5. The minimum Gasteiger partial charge on any atom is -0.494 e. The van der Waals surface area contributed by atoms with E-state index < -0.39 is 11.2 Å². The molecule has 0 aliphatic carbocycles. The lowest BCUT2D eigenvalue weighted by Crippen LogP contribution is -2.33. The second kappa shape index (κ2) is 8.93. The summed E-state index contributed by atoms with van der Waals surface area (Å²) in [5.41, 5.74) is 2.83. The third-order valence-corrected chi connectivity index (χ3v) is 5.04. The SMILES string of the molecule is CCCCn1c(O)c(C2=NN[C@H](c3cc(OC)c(OC)c(OC)c3)C2)c(=O)[nH]c1=O. The lowest BCUT2D eigenvalue weighted by Gasteiger charge is -2.17. The zero-order chi connectivity index (χ0) is 21.8. The van der Waals surface area contributed by atoms with Crippen molar-refractivity contribution in [2.45, 2.75) is 38.8 Å². The molecule has 162 valence electrons. The monoisotopic (exact) mass is 418 g/mol. The van der Waals surface area contributed by atoms with E-state index in [1.807, 2.05) is 6.92 Å². The number of unbranched alkanes of at least 4 members (excludes halogenated alkanes) is 1. The van der Waals surface area contributed by atoms with Crippen LogP contribution in [0.2, 0.25) is 0 Å². The predicted octanol–water partition coefficient (Wildman–Crippen LogP) is 1.51. The maximum atomic E-state index is 12.4. The molecular formula is C20H26N4O6. The Morgan fingerprint density at radius 2 is 1.83 bits per heavy atom. The molecule has 3 N–H and O–H groups in total. The Balaban J connectivity index is 1.94. The molecule has 2 aromatic rings. The molecule has 0 fully saturated rings. The van der Waals surface area contributed by atoms with E-state index in [4.69, 9.17) is 14.2 Å². The molecule has 0 spiro atoms. The van der Waals surface area contributed by atoms with Crippen molar-refractivity contribution in [1.29, 1.82) is 0 Å². The first-order valence-electron chi connectivity index (χ1n) is 9.63. The number of benzene rings is 1. The van der Waals surface area contributed by atoms with Gasteiger partial charge in [0.05, 0.1) is 33.1 Å². The summed E-state index contributed by atoms with van der Waals surface area (Å²) in [6, 6.07) is 3.30. The number of nitrogens with one attached hydrogen (secondary N) is 2. The minimum atomic E-state index is -0.670. The van der Waals surface area contributed by atoms with Gasteiger partial charge in [0.2, 0.25) is 11.6 Å². The van der Waals surface area contributed by atoms with E-state index in [0.717, 1.165) is 16.6 Å². The number of aromatic hydroxyl groups is 1. The van der Waals surface area contributed by atoms with Crippen LogP contribution in [-0.4, -0.2) is 41.7 Å². The number of methoxy groups -OCH3 is 3. The van der Waals surface area contributed by atoms with Crippen molar-refractivity contribution in [3.8, 4) is 23.1 Å². The van der Waals surface area contributed by atoms with Crippen LogP contribution in [0.1, 0.15) is 43.4 Å². The maximum absolute atomic E-state index is 12.4. The molecule has 1 aromatic carbocycles. The minimum absolute atomic E-state index is 0.00635. The lowest BCUT2D eigenvalue weighted by atomic mass is 9.99. The van der Waals surface area contributed by atoms with E-state index in [1.54, 1.807) is 12.1 Å². The third kappa shape index (κ3) is 3.85. The molecule has 1 aliphatic heterocycles. The van der Waals surface area contributed by atoms with Gasteiger partial charge >= 0.3 is 5.69 Å². The highest BCUT2D eigenvalue weighted by Crippen LogP contribution is 2.41. The van der Waals surface area contributed by atoms with Crippen LogP contribution in [0.3, 0.4) is 0 Å². The van der Waals surface area contributed by atoms with Crippen LogP contribution < -0.4 is 30.9 Å². The van der Waals surface area contributed by atoms with Gasteiger partial charge in [0.25, 0.3) is 5.56 Å². The highest BCUT2D eigenvalue weighted by Gasteiger charge is 2.28. The van der Waals surface area contributed by atoms with Gasteiger partial charge in [-0.25, -0.2) is 4.79 Å². The van der Waals surface area contributed by atoms with Gasteiger partial charge in [-0.05, 0) is 24.1 Å². The number of nitrogens with zero attached hydrogens (tertiary/aromatic N) is 2. The average Bonchev–Trinajstić information content (AvgIpc) is 3.21. The molecule has 0 amide bonds. The average molecular weight is 418 g/mol. The molecule has 1 aromatic heterocycles. The summed E-state index contributed by atoms with van der Waals surface area (Å²) in [5.74, 6) is 1.09. The maximum Gasteiger partial charge on any atom is 0.331 e. The van der Waals surface area contributed by atoms with Crippen molar-refractivity contribution in [3.05, 3.63) is 44.1 Å². The third-order valence-electron chi connectivity index (χ3n) is 5.04. The van der Waals surface area contributed by atoms with Gasteiger partial charge in [0, 0.05) is 13.0 Å². The highest BCUT2D eigenvalue weighted by atomic mass is 16.5. The number of hydrazone groups is 1. The van der Waals surface area contributed by atoms with Gasteiger partial charge in [-0.2, -0.15) is 5.10 Å². The number of aromatic nitrogens is 2. The Labute approximate surface area is 173 Å². The fraction of sp³-hybridized carbons (Fsp3) is 0.450. The van der Waals surface area contributed by atoms with E-state index in [-0.39, 0.29) is 17.5 Å². The van der Waals surface area contributed by atoms with Crippen LogP contribution >= 0.6 is 0 Å². The van der Waals surface area contributed by atoms with Crippen LogP contribution in [0.5, 0.6) is 23.1 Å². The Kier molecular flexibility index (Phi) is 6.34. The fourth-order valence-electron chi connectivity index (χ4n) is 3.44. The quantitative estimate of drug-likeness (QED) is 0.593. The van der Waals surface area contributed by atoms with Crippen molar-refractivity contribution < 1.29 is 19.3 Å². The van der Waals surface area contributed by atoms with Crippen molar-refractivity contribution in [3.63, 3.8) is 0 Å². The number of ether oxygens (including phenoxy) is 3. The summed E-state index contributed by atoms with van der Waals surface area (Å²) >= 11 is 0. The van der Waals surface area contributed by atoms with E-state index in [9.17, 15) is 14.7 Å². The Bertz CT molecular complexity index is 1050. The van der Waals surface area contributed by atoms with Gasteiger partial charge in [0.15, 0.2) is 11.5 Å². The predicted molar refractivity (Wildman–Crippen MR) is 111 cm³/mol. The number of hydrogen-bond acceptors (Lipinski definition) is 8. The zero-order valence-electron chi connectivity index (χ0n) is 17.4. The highest BCUT2D eigenvalue weighted by molar-refractivity contribution is 6.03. The molecule has 3 rings (SSSR count). The van der Waals surface area contributed by atoms with E-state index in [2.05, 4.69) is 15.5 Å². The van der Waals surface area contributed by atoms with Gasteiger partial charge in [0.1, 0.15) is 5.56 Å². The van der Waals surface area contributed by atoms with Crippen molar-refractivity contribution >= 4 is 5.71 Å². The summed E-state index contributed by atoms with van der Waals surface area (Å²) in [4.78, 5) is 26.7. The van der Waals surface area contributed by atoms with Gasteiger partial charge in [-0.15, -0.1) is 0 Å². The molecular weight excluding hydrogens is 392 g/mol. The van der Waals surface area contributed by atoms with Crippen LogP contribution in [-0.2, 0) is 6.54 Å². The molecule has 0 radical (unpaired) electrons. The fourth-order valence-corrected chi connectivity index (χ4v) is 3.44. The largest absolute Gasteiger partial charge is 0.494 e. The van der Waals surface area contributed by atoms with Gasteiger partial charge in [-0.3, -0.25) is 14.3 Å². The summed E-state index contributed by atoms with van der Waals surface area (Å²) in [5, 5.41) is 14.9. The Morgan fingerprint density at radius 3 is 2.40 bits per heavy atom. The number of rotatable bonds is 8. The second-order valence-electron chi connectivity index (χ2n) is 6.87. The first-order valence-corrected chi connectivity index (χ1v) is 9.63. The molecule has 0 bridgehead atoms. The van der Waals surface area contributed by atoms with Crippen LogP contribution in [0, 0.1) is 0 Å². The molecule has 0 saturated carbocycles. The smallest absolute Gasteiger partial charge is 0.331 e. The van der Waals surface area contributed by atoms with Crippen LogP contribution in [0.4, 0.5) is 0 Å². The van der Waals surface area contributed by atoms with Crippen LogP contribution in [0.25, 0.3) is 0 Å². The topological polar surface area (TPSA) is 127 Å². The molecule has 1 atom stereocenters. The summed E-state index contributed by atoms with van der Waals surface area (Å²) < 4.78 is 17.3. The molecule has 10 heteroatoms. The van der Waals surface area contributed by atoms with Gasteiger partial charge in [-0.1, -0.05) is 13.3 Å². The molecule has 10 nitrogen and oxygen atoms in total. The Hall–Kier alpha value is -3.43. The number of H-pyrrole nitrogens is 1. The summed E-state index contributed by atoms with van der Waals surface area (Å²) in [6.07, 6.45) is 1.85. The zero-order valence-corrected chi connectivity index (χ0v) is 17.4. The summed E-state index contributed by atoms with van der Waals surface area (Å²) in [6.45, 7) is 2.28. The molecule has 30 heavy (non-hydrogen) atoms. The first-order chi connectivity index (χ1) is 14.4.